The van der Waals surface area contributed by atoms with Crippen LogP contribution in [0, 0.1) is 6.92 Å². The summed E-state index contributed by atoms with van der Waals surface area (Å²) >= 11 is 0. The lowest BCUT2D eigenvalue weighted by molar-refractivity contribution is 0.590. The van der Waals surface area contributed by atoms with Gasteiger partial charge in [0.1, 0.15) is 5.25 Å². The Morgan fingerprint density at radius 3 is 2.08 bits per heavy atom. The lowest BCUT2D eigenvalue weighted by Crippen LogP contribution is -2.12. The standard InChI is InChI=1S/C22H20O2S/c1-18-9-8-14-21(17-18)25(23,24)22(20-12-6-3-7-13-20)16-15-19-10-4-2-5-11-19/h2-17,22H,1H3/b16-15+. The van der Waals surface area contributed by atoms with E-state index in [0.717, 1.165) is 16.7 Å². The number of benzene rings is 3. The smallest absolute Gasteiger partial charge is 0.188 e. The molecule has 0 spiro atoms. The molecule has 0 heterocycles. The van der Waals surface area contributed by atoms with Crippen molar-refractivity contribution in [1.29, 1.82) is 0 Å². The van der Waals surface area contributed by atoms with E-state index in [1.807, 2.05) is 79.7 Å². The maximum atomic E-state index is 13.3. The van der Waals surface area contributed by atoms with Crippen molar-refractivity contribution >= 4 is 15.9 Å². The highest BCUT2D eigenvalue weighted by Crippen LogP contribution is 2.31. The van der Waals surface area contributed by atoms with E-state index in [9.17, 15) is 8.42 Å². The van der Waals surface area contributed by atoms with Gasteiger partial charge in [-0.3, -0.25) is 0 Å². The maximum absolute atomic E-state index is 13.3. The van der Waals surface area contributed by atoms with Gasteiger partial charge in [-0.15, -0.1) is 0 Å². The first kappa shape index (κ1) is 17.2. The lowest BCUT2D eigenvalue weighted by atomic mass is 10.1. The summed E-state index contributed by atoms with van der Waals surface area (Å²) in [7, 11) is -3.53. The van der Waals surface area contributed by atoms with Crippen molar-refractivity contribution in [3.63, 3.8) is 0 Å². The Kier molecular flexibility index (Phi) is 5.15. The predicted octanol–water partition coefficient (Wildman–Crippen LogP) is 5.22. The molecule has 3 heteroatoms. The van der Waals surface area contributed by atoms with Crippen LogP contribution in [0.15, 0.2) is 95.9 Å². The van der Waals surface area contributed by atoms with Crippen LogP contribution in [0.1, 0.15) is 21.9 Å². The molecule has 0 radical (unpaired) electrons. The second-order valence-corrected chi connectivity index (χ2v) is 8.03. The summed E-state index contributed by atoms with van der Waals surface area (Å²) in [4.78, 5) is 0.346. The third-order valence-corrected chi connectivity index (χ3v) is 6.05. The molecule has 0 aliphatic rings. The van der Waals surface area contributed by atoms with E-state index in [0.29, 0.717) is 4.90 Å². The van der Waals surface area contributed by atoms with Gasteiger partial charge in [0, 0.05) is 0 Å². The van der Waals surface area contributed by atoms with Gasteiger partial charge in [0.05, 0.1) is 4.90 Å². The van der Waals surface area contributed by atoms with Crippen molar-refractivity contribution < 1.29 is 8.42 Å². The van der Waals surface area contributed by atoms with Crippen molar-refractivity contribution in [2.75, 3.05) is 0 Å². The topological polar surface area (TPSA) is 34.1 Å². The summed E-state index contributed by atoms with van der Waals surface area (Å²) in [5.74, 6) is 0. The molecular formula is C22H20O2S. The molecule has 0 bridgehead atoms. The molecule has 3 aromatic carbocycles. The number of aryl methyl sites for hydroxylation is 1. The molecule has 3 rings (SSSR count). The molecule has 0 aliphatic carbocycles. The molecule has 2 nitrogen and oxygen atoms in total. The van der Waals surface area contributed by atoms with Crippen LogP contribution in [-0.4, -0.2) is 8.42 Å². The lowest BCUT2D eigenvalue weighted by Gasteiger charge is -2.15. The normalized spacial score (nSPS) is 13.0. The second kappa shape index (κ2) is 7.49. The van der Waals surface area contributed by atoms with Crippen LogP contribution < -0.4 is 0 Å². The first-order valence-electron chi connectivity index (χ1n) is 8.16. The summed E-state index contributed by atoms with van der Waals surface area (Å²) in [6.07, 6.45) is 3.63. The molecule has 0 N–H and O–H groups in total. The van der Waals surface area contributed by atoms with Crippen LogP contribution in [-0.2, 0) is 9.84 Å². The van der Waals surface area contributed by atoms with E-state index in [4.69, 9.17) is 0 Å². The van der Waals surface area contributed by atoms with Gasteiger partial charge in [0.15, 0.2) is 9.84 Å². The van der Waals surface area contributed by atoms with E-state index < -0.39 is 15.1 Å². The second-order valence-electron chi connectivity index (χ2n) is 5.96. The number of sulfone groups is 1. The molecule has 0 amide bonds. The molecule has 3 aromatic rings. The van der Waals surface area contributed by atoms with Gasteiger partial charge in [0.25, 0.3) is 0 Å². The average molecular weight is 348 g/mol. The fraction of sp³-hybridized carbons (Fsp3) is 0.0909. The Hall–Kier alpha value is -2.65. The van der Waals surface area contributed by atoms with E-state index in [1.54, 1.807) is 24.3 Å². The highest BCUT2D eigenvalue weighted by Gasteiger charge is 2.26. The molecule has 1 unspecified atom stereocenters. The highest BCUT2D eigenvalue weighted by atomic mass is 32.2. The van der Waals surface area contributed by atoms with Crippen LogP contribution in [0.5, 0.6) is 0 Å². The van der Waals surface area contributed by atoms with Gasteiger partial charge in [-0.25, -0.2) is 8.42 Å². The van der Waals surface area contributed by atoms with Gasteiger partial charge in [-0.1, -0.05) is 84.9 Å². The fourth-order valence-electron chi connectivity index (χ4n) is 2.74. The van der Waals surface area contributed by atoms with Crippen LogP contribution in [0.2, 0.25) is 0 Å². The van der Waals surface area contributed by atoms with Gasteiger partial charge in [0.2, 0.25) is 0 Å². The van der Waals surface area contributed by atoms with Crippen molar-refractivity contribution in [1.82, 2.24) is 0 Å². The molecular weight excluding hydrogens is 328 g/mol. The first-order valence-corrected chi connectivity index (χ1v) is 9.71. The zero-order valence-corrected chi connectivity index (χ0v) is 14.9. The quantitative estimate of drug-likeness (QED) is 0.633. The highest BCUT2D eigenvalue weighted by molar-refractivity contribution is 7.91. The van der Waals surface area contributed by atoms with E-state index in [-0.39, 0.29) is 0 Å². The minimum atomic E-state index is -3.53. The molecule has 126 valence electrons. The van der Waals surface area contributed by atoms with Gasteiger partial charge < -0.3 is 0 Å². The Morgan fingerprint density at radius 1 is 0.800 bits per heavy atom. The zero-order valence-electron chi connectivity index (χ0n) is 14.0. The average Bonchev–Trinajstić information content (AvgIpc) is 2.63. The largest absolute Gasteiger partial charge is 0.223 e. The molecule has 0 aliphatic heterocycles. The number of hydrogen-bond donors (Lipinski definition) is 0. The summed E-state index contributed by atoms with van der Waals surface area (Å²) in [6.45, 7) is 1.90. The Morgan fingerprint density at radius 2 is 1.44 bits per heavy atom. The van der Waals surface area contributed by atoms with Crippen molar-refractivity contribution in [2.45, 2.75) is 17.1 Å². The van der Waals surface area contributed by atoms with E-state index >= 15 is 0 Å². The van der Waals surface area contributed by atoms with Gasteiger partial charge in [-0.05, 0) is 35.7 Å². The monoisotopic (exact) mass is 348 g/mol. The summed E-state index contributed by atoms with van der Waals surface area (Å²) in [5.41, 5.74) is 2.67. The predicted molar refractivity (Wildman–Crippen MR) is 103 cm³/mol. The molecule has 0 fully saturated rings. The molecule has 25 heavy (non-hydrogen) atoms. The number of rotatable bonds is 5. The molecule has 0 saturated heterocycles. The molecule has 1 atom stereocenters. The van der Waals surface area contributed by atoms with Crippen LogP contribution in [0.3, 0.4) is 0 Å². The summed E-state index contributed by atoms with van der Waals surface area (Å²) in [6, 6.07) is 26.1. The third kappa shape index (κ3) is 4.06. The number of hydrogen-bond acceptors (Lipinski definition) is 2. The Balaban J connectivity index is 2.07. The fourth-order valence-corrected chi connectivity index (χ4v) is 4.45. The Bertz CT molecular complexity index is 959. The van der Waals surface area contributed by atoms with Crippen LogP contribution >= 0.6 is 0 Å². The minimum absolute atomic E-state index is 0.346. The van der Waals surface area contributed by atoms with E-state index in [1.165, 1.54) is 0 Å². The molecule has 0 saturated carbocycles. The summed E-state index contributed by atoms with van der Waals surface area (Å²) in [5, 5.41) is -0.726. The SMILES string of the molecule is Cc1cccc(S(=O)(=O)C(/C=C/c2ccccc2)c2ccccc2)c1. The van der Waals surface area contributed by atoms with Crippen LogP contribution in [0.25, 0.3) is 6.08 Å². The van der Waals surface area contributed by atoms with Crippen molar-refractivity contribution in [2.24, 2.45) is 0 Å². The van der Waals surface area contributed by atoms with Crippen molar-refractivity contribution in [3.05, 3.63) is 108 Å². The van der Waals surface area contributed by atoms with Gasteiger partial charge in [-0.2, -0.15) is 0 Å². The van der Waals surface area contributed by atoms with E-state index in [2.05, 4.69) is 0 Å². The van der Waals surface area contributed by atoms with Crippen LogP contribution in [0.4, 0.5) is 0 Å². The third-order valence-electron chi connectivity index (χ3n) is 4.04. The van der Waals surface area contributed by atoms with Gasteiger partial charge >= 0.3 is 0 Å². The van der Waals surface area contributed by atoms with Crippen molar-refractivity contribution in [3.8, 4) is 0 Å². The maximum Gasteiger partial charge on any atom is 0.188 e. The summed E-state index contributed by atoms with van der Waals surface area (Å²) < 4.78 is 26.5. The minimum Gasteiger partial charge on any atom is -0.223 e. The molecule has 0 aromatic heterocycles. The Labute approximate surface area is 149 Å². The zero-order chi connectivity index (χ0) is 17.7. The first-order chi connectivity index (χ1) is 12.1.